The molecule has 4 nitrogen and oxygen atoms in total. The molecule has 4 heteroatoms. The molecule has 0 saturated carbocycles. The summed E-state index contributed by atoms with van der Waals surface area (Å²) >= 11 is 0. The Bertz CT molecular complexity index is 349. The highest BCUT2D eigenvalue weighted by molar-refractivity contribution is 5.72. The monoisotopic (exact) mass is 413 g/mol. The first-order chi connectivity index (χ1) is 14.2. The SMILES string of the molecule is CCCCCCC(CCCC)C(=O)OCCCCCCN(CCO)CCCCC. The molecular formula is C25H51NO3. The number of unbranched alkanes of at least 4 members (excludes halogenated alkanes) is 9. The van der Waals surface area contributed by atoms with Crippen LogP contribution in [0, 0.1) is 5.92 Å². The van der Waals surface area contributed by atoms with Crippen molar-refractivity contribution in [2.45, 2.75) is 117 Å². The summed E-state index contributed by atoms with van der Waals surface area (Å²) in [4.78, 5) is 14.8. The average Bonchev–Trinajstić information content (AvgIpc) is 2.72. The molecule has 0 saturated heterocycles. The van der Waals surface area contributed by atoms with Crippen LogP contribution >= 0.6 is 0 Å². The van der Waals surface area contributed by atoms with E-state index in [4.69, 9.17) is 4.74 Å². The highest BCUT2D eigenvalue weighted by atomic mass is 16.5. The van der Waals surface area contributed by atoms with Crippen molar-refractivity contribution in [3.05, 3.63) is 0 Å². The van der Waals surface area contributed by atoms with E-state index in [-0.39, 0.29) is 18.5 Å². The maximum atomic E-state index is 12.4. The van der Waals surface area contributed by atoms with Crippen molar-refractivity contribution in [1.29, 1.82) is 0 Å². The predicted molar refractivity (Wildman–Crippen MR) is 124 cm³/mol. The first-order valence-electron chi connectivity index (χ1n) is 12.7. The van der Waals surface area contributed by atoms with Gasteiger partial charge in [-0.05, 0) is 45.2 Å². The van der Waals surface area contributed by atoms with Gasteiger partial charge in [-0.2, -0.15) is 0 Å². The number of nitrogens with zero attached hydrogens (tertiary/aromatic N) is 1. The number of ether oxygens (including phenoxy) is 1. The van der Waals surface area contributed by atoms with Crippen LogP contribution in [-0.2, 0) is 9.53 Å². The highest BCUT2D eigenvalue weighted by Crippen LogP contribution is 2.19. The third-order valence-corrected chi connectivity index (χ3v) is 5.75. The molecule has 0 aliphatic carbocycles. The molecule has 1 N–H and O–H groups in total. The normalized spacial score (nSPS) is 12.4. The van der Waals surface area contributed by atoms with Crippen molar-refractivity contribution in [3.8, 4) is 0 Å². The summed E-state index contributed by atoms with van der Waals surface area (Å²) in [5, 5.41) is 9.21. The van der Waals surface area contributed by atoms with Crippen molar-refractivity contribution in [2.75, 3.05) is 32.8 Å². The lowest BCUT2D eigenvalue weighted by molar-refractivity contribution is -0.149. The van der Waals surface area contributed by atoms with Crippen LogP contribution in [0.15, 0.2) is 0 Å². The molecule has 1 atom stereocenters. The fourth-order valence-corrected chi connectivity index (χ4v) is 3.79. The number of hydrogen-bond donors (Lipinski definition) is 1. The molecule has 29 heavy (non-hydrogen) atoms. The van der Waals surface area contributed by atoms with Crippen LogP contribution in [0.2, 0.25) is 0 Å². The van der Waals surface area contributed by atoms with Crippen LogP contribution in [-0.4, -0.2) is 48.8 Å². The number of rotatable bonds is 22. The van der Waals surface area contributed by atoms with E-state index >= 15 is 0 Å². The van der Waals surface area contributed by atoms with Crippen LogP contribution in [0.25, 0.3) is 0 Å². The van der Waals surface area contributed by atoms with Gasteiger partial charge in [-0.15, -0.1) is 0 Å². The topological polar surface area (TPSA) is 49.8 Å². The lowest BCUT2D eigenvalue weighted by Crippen LogP contribution is -2.29. The van der Waals surface area contributed by atoms with Crippen LogP contribution in [0.3, 0.4) is 0 Å². The average molecular weight is 414 g/mol. The first-order valence-corrected chi connectivity index (χ1v) is 12.7. The predicted octanol–water partition coefficient (Wildman–Crippen LogP) is 6.35. The van der Waals surface area contributed by atoms with Crippen molar-refractivity contribution in [3.63, 3.8) is 0 Å². The van der Waals surface area contributed by atoms with E-state index < -0.39 is 0 Å². The zero-order chi connectivity index (χ0) is 21.6. The molecule has 0 aliphatic heterocycles. The second-order valence-corrected chi connectivity index (χ2v) is 8.54. The van der Waals surface area contributed by atoms with Gasteiger partial charge < -0.3 is 14.7 Å². The fourth-order valence-electron chi connectivity index (χ4n) is 3.79. The van der Waals surface area contributed by atoms with Crippen molar-refractivity contribution < 1.29 is 14.6 Å². The Balaban J connectivity index is 3.88. The molecule has 0 amide bonds. The Morgan fingerprint density at radius 2 is 1.28 bits per heavy atom. The molecule has 0 rings (SSSR count). The summed E-state index contributed by atoms with van der Waals surface area (Å²) in [6, 6.07) is 0. The standard InChI is InChI=1S/C25H51NO3/c1-4-7-10-13-18-24(17-9-6-3)25(28)29-23-16-12-11-15-20-26(21-22-27)19-14-8-5-2/h24,27H,4-23H2,1-3H3. The van der Waals surface area contributed by atoms with E-state index in [1.54, 1.807) is 0 Å². The largest absolute Gasteiger partial charge is 0.465 e. The van der Waals surface area contributed by atoms with Gasteiger partial charge >= 0.3 is 5.97 Å². The Hall–Kier alpha value is -0.610. The molecule has 0 aromatic rings. The minimum Gasteiger partial charge on any atom is -0.465 e. The number of hydrogen-bond acceptors (Lipinski definition) is 4. The van der Waals surface area contributed by atoms with Crippen molar-refractivity contribution in [1.82, 2.24) is 4.90 Å². The fraction of sp³-hybridized carbons (Fsp3) is 0.960. The Morgan fingerprint density at radius 3 is 1.93 bits per heavy atom. The molecule has 0 bridgehead atoms. The Kier molecular flexibility index (Phi) is 21.6. The van der Waals surface area contributed by atoms with Gasteiger partial charge in [0.25, 0.3) is 0 Å². The highest BCUT2D eigenvalue weighted by Gasteiger charge is 2.18. The van der Waals surface area contributed by atoms with E-state index in [1.165, 1.54) is 44.9 Å². The van der Waals surface area contributed by atoms with Gasteiger partial charge in [0.2, 0.25) is 0 Å². The lowest BCUT2D eigenvalue weighted by Gasteiger charge is -2.21. The van der Waals surface area contributed by atoms with Gasteiger partial charge in [-0.3, -0.25) is 4.79 Å². The van der Waals surface area contributed by atoms with E-state index in [0.717, 1.165) is 71.0 Å². The van der Waals surface area contributed by atoms with Crippen LogP contribution in [0.1, 0.15) is 117 Å². The minimum absolute atomic E-state index is 0.0417. The summed E-state index contributed by atoms with van der Waals surface area (Å²) in [5.74, 6) is 0.155. The van der Waals surface area contributed by atoms with Gasteiger partial charge in [0.1, 0.15) is 0 Å². The number of esters is 1. The summed E-state index contributed by atoms with van der Waals surface area (Å²) in [5.41, 5.74) is 0. The Morgan fingerprint density at radius 1 is 0.724 bits per heavy atom. The molecule has 0 aliphatic rings. The van der Waals surface area contributed by atoms with Gasteiger partial charge in [-0.25, -0.2) is 0 Å². The first kappa shape index (κ1) is 28.4. The zero-order valence-electron chi connectivity index (χ0n) is 19.9. The molecule has 174 valence electrons. The summed E-state index contributed by atoms with van der Waals surface area (Å²) in [7, 11) is 0. The number of carbonyl (C=O) groups excluding carboxylic acids is 1. The molecular weight excluding hydrogens is 362 g/mol. The molecule has 0 aromatic heterocycles. The van der Waals surface area contributed by atoms with Gasteiger partial charge in [0.15, 0.2) is 0 Å². The molecule has 0 fully saturated rings. The molecule has 0 spiro atoms. The van der Waals surface area contributed by atoms with Gasteiger partial charge in [-0.1, -0.05) is 85.0 Å². The third-order valence-electron chi connectivity index (χ3n) is 5.75. The van der Waals surface area contributed by atoms with Gasteiger partial charge in [0, 0.05) is 6.54 Å². The third kappa shape index (κ3) is 17.9. The van der Waals surface area contributed by atoms with Crippen molar-refractivity contribution in [2.24, 2.45) is 5.92 Å². The maximum absolute atomic E-state index is 12.4. The van der Waals surface area contributed by atoms with Crippen LogP contribution < -0.4 is 0 Å². The van der Waals surface area contributed by atoms with Crippen LogP contribution in [0.5, 0.6) is 0 Å². The smallest absolute Gasteiger partial charge is 0.308 e. The van der Waals surface area contributed by atoms with Crippen LogP contribution in [0.4, 0.5) is 0 Å². The van der Waals surface area contributed by atoms with E-state index in [0.29, 0.717) is 6.61 Å². The minimum atomic E-state index is 0.0417. The van der Waals surface area contributed by atoms with Crippen molar-refractivity contribution >= 4 is 5.97 Å². The number of carbonyl (C=O) groups is 1. The quantitative estimate of drug-likeness (QED) is 0.166. The molecule has 0 radical (unpaired) electrons. The van der Waals surface area contributed by atoms with E-state index in [9.17, 15) is 9.90 Å². The second kappa shape index (κ2) is 22.1. The second-order valence-electron chi connectivity index (χ2n) is 8.54. The molecule has 1 unspecified atom stereocenters. The zero-order valence-corrected chi connectivity index (χ0v) is 19.9. The van der Waals surface area contributed by atoms with E-state index in [2.05, 4.69) is 25.7 Å². The van der Waals surface area contributed by atoms with Gasteiger partial charge in [0.05, 0.1) is 19.1 Å². The summed E-state index contributed by atoms with van der Waals surface area (Å²) in [6.45, 7) is 10.4. The number of aliphatic hydroxyl groups is 1. The van der Waals surface area contributed by atoms with E-state index in [1.807, 2.05) is 0 Å². The summed E-state index contributed by atoms with van der Waals surface area (Å²) in [6.07, 6.45) is 17.3. The Labute approximate surface area is 181 Å². The molecule has 0 aromatic carbocycles. The maximum Gasteiger partial charge on any atom is 0.308 e. The number of aliphatic hydroxyl groups excluding tert-OH is 1. The molecule has 0 heterocycles. The lowest BCUT2D eigenvalue weighted by atomic mass is 9.95. The summed E-state index contributed by atoms with van der Waals surface area (Å²) < 4.78 is 5.61.